The number of ether oxygens (including phenoxy) is 1. The summed E-state index contributed by atoms with van der Waals surface area (Å²) in [6.07, 6.45) is 5.38. The van der Waals surface area contributed by atoms with Crippen LogP contribution in [-0.4, -0.2) is 31.4 Å². The van der Waals surface area contributed by atoms with Crippen molar-refractivity contribution in [3.05, 3.63) is 29.8 Å². The Bertz CT molecular complexity index is 488. The lowest BCUT2D eigenvalue weighted by molar-refractivity contribution is -0.148. The van der Waals surface area contributed by atoms with Gasteiger partial charge in [-0.25, -0.2) is 0 Å². The van der Waals surface area contributed by atoms with Gasteiger partial charge in [0.05, 0.1) is 13.0 Å². The molecule has 1 aromatic carbocycles. The zero-order chi connectivity index (χ0) is 14.1. The first-order valence-electron chi connectivity index (χ1n) is 7.20. The van der Waals surface area contributed by atoms with E-state index in [1.807, 2.05) is 0 Å². The van der Waals surface area contributed by atoms with Gasteiger partial charge in [-0.1, -0.05) is 12.1 Å². The third-order valence-electron chi connectivity index (χ3n) is 4.70. The van der Waals surface area contributed by atoms with Crippen LogP contribution in [0.4, 0.5) is 0 Å². The molecule has 2 heterocycles. The fourth-order valence-electron chi connectivity index (χ4n) is 3.71. The first kappa shape index (κ1) is 14.0. The third-order valence-corrected chi connectivity index (χ3v) is 5.44. The summed E-state index contributed by atoms with van der Waals surface area (Å²) < 4.78 is 5.05. The Labute approximate surface area is 124 Å². The van der Waals surface area contributed by atoms with E-state index < -0.39 is 0 Å². The zero-order valence-corrected chi connectivity index (χ0v) is 12.8. The van der Waals surface area contributed by atoms with Gasteiger partial charge in [-0.3, -0.25) is 4.79 Å². The van der Waals surface area contributed by atoms with Gasteiger partial charge in [-0.15, -0.1) is 11.8 Å². The van der Waals surface area contributed by atoms with Crippen molar-refractivity contribution in [3.8, 4) is 0 Å². The Balaban J connectivity index is 1.89. The van der Waals surface area contributed by atoms with Gasteiger partial charge >= 0.3 is 5.97 Å². The molecule has 0 spiro atoms. The maximum absolute atomic E-state index is 12.2. The van der Waals surface area contributed by atoms with Gasteiger partial charge in [-0.2, -0.15) is 0 Å². The van der Waals surface area contributed by atoms with Gasteiger partial charge in [0.25, 0.3) is 0 Å². The largest absolute Gasteiger partial charge is 0.469 e. The van der Waals surface area contributed by atoms with Crippen molar-refractivity contribution in [2.24, 2.45) is 5.92 Å². The molecule has 2 saturated heterocycles. The van der Waals surface area contributed by atoms with Crippen LogP contribution in [0.5, 0.6) is 0 Å². The summed E-state index contributed by atoms with van der Waals surface area (Å²) in [4.78, 5) is 13.5. The molecule has 2 aliphatic heterocycles. The standard InChI is InChI=1S/C16H21NO2S/c1-19-16(18)15-13(9-11-5-8-14(15)17-11)10-3-6-12(20-2)7-4-10/h3-4,6-7,11,13-15,17H,5,8-9H2,1-2H3/t11-,13+,14+,15-/m0/s1. The van der Waals surface area contributed by atoms with E-state index in [1.165, 1.54) is 24.0 Å². The number of methoxy groups -OCH3 is 1. The highest BCUT2D eigenvalue weighted by Crippen LogP contribution is 2.42. The van der Waals surface area contributed by atoms with Crippen molar-refractivity contribution in [1.29, 1.82) is 0 Å². The molecule has 2 fully saturated rings. The van der Waals surface area contributed by atoms with E-state index in [0.717, 1.165) is 12.8 Å². The van der Waals surface area contributed by atoms with Crippen LogP contribution in [0.1, 0.15) is 30.7 Å². The molecule has 108 valence electrons. The summed E-state index contributed by atoms with van der Waals surface area (Å²) in [6, 6.07) is 9.50. The first-order valence-corrected chi connectivity index (χ1v) is 8.43. The van der Waals surface area contributed by atoms with Gasteiger partial charge in [0.2, 0.25) is 0 Å². The fourth-order valence-corrected chi connectivity index (χ4v) is 4.12. The summed E-state index contributed by atoms with van der Waals surface area (Å²) in [7, 11) is 1.50. The average molecular weight is 291 g/mol. The Morgan fingerprint density at radius 2 is 2.05 bits per heavy atom. The molecule has 2 aliphatic rings. The Hall–Kier alpha value is -1.00. The second-order valence-corrected chi connectivity index (χ2v) is 6.59. The maximum atomic E-state index is 12.2. The number of piperidine rings is 1. The fraction of sp³-hybridized carbons (Fsp3) is 0.562. The van der Waals surface area contributed by atoms with Crippen LogP contribution in [0.25, 0.3) is 0 Å². The van der Waals surface area contributed by atoms with Crippen molar-refractivity contribution in [1.82, 2.24) is 5.32 Å². The van der Waals surface area contributed by atoms with E-state index in [4.69, 9.17) is 4.74 Å². The number of hydrogen-bond donors (Lipinski definition) is 1. The highest BCUT2D eigenvalue weighted by molar-refractivity contribution is 7.98. The summed E-state index contributed by atoms with van der Waals surface area (Å²) in [5.41, 5.74) is 1.27. The second kappa shape index (κ2) is 5.78. The number of hydrogen-bond acceptors (Lipinski definition) is 4. The highest BCUT2D eigenvalue weighted by atomic mass is 32.2. The van der Waals surface area contributed by atoms with Gasteiger partial charge in [0.1, 0.15) is 0 Å². The molecule has 0 amide bonds. The van der Waals surface area contributed by atoms with Crippen molar-refractivity contribution in [3.63, 3.8) is 0 Å². The molecular formula is C16H21NO2S. The molecule has 0 saturated carbocycles. The number of esters is 1. The molecule has 4 heteroatoms. The van der Waals surface area contributed by atoms with Crippen molar-refractivity contribution < 1.29 is 9.53 Å². The van der Waals surface area contributed by atoms with Crippen LogP contribution in [-0.2, 0) is 9.53 Å². The quantitative estimate of drug-likeness (QED) is 0.686. The third kappa shape index (κ3) is 2.47. The van der Waals surface area contributed by atoms with Crippen molar-refractivity contribution in [2.75, 3.05) is 13.4 Å². The number of fused-ring (bicyclic) bond motifs is 2. The summed E-state index contributed by atoms with van der Waals surface area (Å²) in [6.45, 7) is 0. The number of benzene rings is 1. The molecule has 0 radical (unpaired) electrons. The average Bonchev–Trinajstić information content (AvgIpc) is 2.88. The van der Waals surface area contributed by atoms with Gasteiger partial charge < -0.3 is 10.1 Å². The van der Waals surface area contributed by atoms with E-state index in [-0.39, 0.29) is 23.8 Å². The SMILES string of the molecule is COC(=O)[C@H]1[C@@H](c2ccc(SC)cc2)C[C@@H]2CC[C@H]1N2. The van der Waals surface area contributed by atoms with E-state index in [2.05, 4.69) is 35.8 Å². The number of carbonyl (C=O) groups is 1. The summed E-state index contributed by atoms with van der Waals surface area (Å²) in [5, 5.41) is 3.57. The molecule has 0 aromatic heterocycles. The maximum Gasteiger partial charge on any atom is 0.310 e. The first-order chi connectivity index (χ1) is 9.72. The van der Waals surface area contributed by atoms with E-state index in [9.17, 15) is 4.79 Å². The molecule has 1 N–H and O–H groups in total. The topological polar surface area (TPSA) is 38.3 Å². The lowest BCUT2D eigenvalue weighted by atomic mass is 9.77. The molecule has 0 aliphatic carbocycles. The van der Waals surface area contributed by atoms with Crippen LogP contribution in [0.15, 0.2) is 29.2 Å². The molecule has 3 rings (SSSR count). The number of rotatable bonds is 3. The zero-order valence-electron chi connectivity index (χ0n) is 12.0. The lowest BCUT2D eigenvalue weighted by Crippen LogP contribution is -2.48. The van der Waals surface area contributed by atoms with E-state index >= 15 is 0 Å². The predicted octanol–water partition coefficient (Wildman–Crippen LogP) is 2.81. The smallest absolute Gasteiger partial charge is 0.310 e. The lowest BCUT2D eigenvalue weighted by Gasteiger charge is -2.36. The summed E-state index contributed by atoms with van der Waals surface area (Å²) in [5.74, 6) is 0.178. The highest BCUT2D eigenvalue weighted by Gasteiger charge is 2.46. The van der Waals surface area contributed by atoms with Crippen LogP contribution >= 0.6 is 11.8 Å². The minimum atomic E-state index is -0.0678. The number of carbonyl (C=O) groups excluding carboxylic acids is 1. The van der Waals surface area contributed by atoms with Crippen LogP contribution in [0, 0.1) is 5.92 Å². The Morgan fingerprint density at radius 3 is 2.70 bits per heavy atom. The minimum absolute atomic E-state index is 0.0427. The summed E-state index contributed by atoms with van der Waals surface area (Å²) >= 11 is 1.75. The normalized spacial score (nSPS) is 32.1. The van der Waals surface area contributed by atoms with Crippen molar-refractivity contribution >= 4 is 17.7 Å². The van der Waals surface area contributed by atoms with E-state index in [1.54, 1.807) is 11.8 Å². The van der Waals surface area contributed by atoms with Gasteiger partial charge in [0.15, 0.2) is 0 Å². The van der Waals surface area contributed by atoms with E-state index in [0.29, 0.717) is 6.04 Å². The monoisotopic (exact) mass is 291 g/mol. The van der Waals surface area contributed by atoms with Crippen LogP contribution < -0.4 is 5.32 Å². The molecule has 3 nitrogen and oxygen atoms in total. The number of nitrogens with one attached hydrogen (secondary N) is 1. The molecular weight excluding hydrogens is 270 g/mol. The number of thioether (sulfide) groups is 1. The molecule has 1 aromatic rings. The molecule has 20 heavy (non-hydrogen) atoms. The van der Waals surface area contributed by atoms with Gasteiger partial charge in [0, 0.05) is 22.9 Å². The van der Waals surface area contributed by atoms with Crippen LogP contribution in [0.2, 0.25) is 0 Å². The molecule has 0 unspecified atom stereocenters. The van der Waals surface area contributed by atoms with Crippen LogP contribution in [0.3, 0.4) is 0 Å². The van der Waals surface area contributed by atoms with Gasteiger partial charge in [-0.05, 0) is 43.2 Å². The predicted molar refractivity (Wildman–Crippen MR) is 81.0 cm³/mol. The second-order valence-electron chi connectivity index (χ2n) is 5.71. The Morgan fingerprint density at radius 1 is 1.30 bits per heavy atom. The Kier molecular flexibility index (Phi) is 4.03. The minimum Gasteiger partial charge on any atom is -0.469 e. The van der Waals surface area contributed by atoms with Crippen molar-refractivity contribution in [2.45, 2.75) is 42.2 Å². The molecule has 2 bridgehead atoms. The molecule has 4 atom stereocenters.